The minimum Gasteiger partial charge on any atom is -0.464 e. The van der Waals surface area contributed by atoms with Crippen LogP contribution < -0.4 is 5.73 Å². The van der Waals surface area contributed by atoms with Gasteiger partial charge in [0.1, 0.15) is 5.82 Å². The van der Waals surface area contributed by atoms with Crippen LogP contribution in [0.15, 0.2) is 30.6 Å². The summed E-state index contributed by atoms with van der Waals surface area (Å²) in [5.74, 6) is -0.265. The second-order valence-electron chi connectivity index (χ2n) is 3.73. The van der Waals surface area contributed by atoms with Crippen LogP contribution in [0.1, 0.15) is 16.1 Å². The highest BCUT2D eigenvalue weighted by molar-refractivity contribution is 6.30. The van der Waals surface area contributed by atoms with Crippen molar-refractivity contribution in [2.24, 2.45) is 0 Å². The highest BCUT2D eigenvalue weighted by Crippen LogP contribution is 2.16. The molecule has 1 aromatic carbocycles. The maximum atomic E-state index is 11.4. The van der Waals surface area contributed by atoms with Gasteiger partial charge in [-0.25, -0.2) is 9.78 Å². The van der Waals surface area contributed by atoms with Crippen molar-refractivity contribution in [1.29, 1.82) is 0 Å². The van der Waals surface area contributed by atoms with E-state index in [1.165, 1.54) is 13.4 Å². The molecule has 0 aliphatic rings. The third kappa shape index (κ3) is 2.46. The number of ether oxygens (including phenoxy) is 1. The smallest absolute Gasteiger partial charge is 0.360 e. The fourth-order valence-electron chi connectivity index (χ4n) is 1.60. The molecule has 1 aromatic heterocycles. The normalized spacial score (nSPS) is 10.3. The number of rotatable bonds is 3. The van der Waals surface area contributed by atoms with Crippen molar-refractivity contribution in [3.63, 3.8) is 0 Å². The zero-order valence-electron chi connectivity index (χ0n) is 9.76. The van der Waals surface area contributed by atoms with Crippen LogP contribution in [0.2, 0.25) is 5.02 Å². The van der Waals surface area contributed by atoms with Crippen LogP contribution in [0.4, 0.5) is 5.82 Å². The molecule has 1 heterocycles. The van der Waals surface area contributed by atoms with E-state index in [1.807, 2.05) is 18.2 Å². The SMILES string of the molecule is COC(=O)c1ncn(Cc2cccc(Cl)c2)c1N. The van der Waals surface area contributed by atoms with Crippen LogP contribution >= 0.6 is 11.6 Å². The van der Waals surface area contributed by atoms with E-state index in [-0.39, 0.29) is 11.5 Å². The molecule has 0 bridgehead atoms. The van der Waals surface area contributed by atoms with Gasteiger partial charge in [-0.3, -0.25) is 0 Å². The lowest BCUT2D eigenvalue weighted by molar-refractivity contribution is 0.0596. The molecule has 18 heavy (non-hydrogen) atoms. The van der Waals surface area contributed by atoms with Crippen molar-refractivity contribution in [1.82, 2.24) is 9.55 Å². The van der Waals surface area contributed by atoms with Crippen molar-refractivity contribution in [2.45, 2.75) is 6.54 Å². The topological polar surface area (TPSA) is 70.1 Å². The van der Waals surface area contributed by atoms with Crippen molar-refractivity contribution in [3.05, 3.63) is 46.9 Å². The van der Waals surface area contributed by atoms with E-state index in [4.69, 9.17) is 17.3 Å². The van der Waals surface area contributed by atoms with E-state index in [0.717, 1.165) is 5.56 Å². The molecule has 0 amide bonds. The number of nitrogens with zero attached hydrogens (tertiary/aromatic N) is 2. The van der Waals surface area contributed by atoms with Crippen LogP contribution in [-0.4, -0.2) is 22.6 Å². The number of esters is 1. The van der Waals surface area contributed by atoms with Gasteiger partial charge in [-0.1, -0.05) is 23.7 Å². The molecule has 0 aliphatic heterocycles. The van der Waals surface area contributed by atoms with E-state index in [1.54, 1.807) is 10.6 Å². The zero-order valence-corrected chi connectivity index (χ0v) is 10.5. The molecule has 6 heteroatoms. The second kappa shape index (κ2) is 5.10. The number of benzene rings is 1. The number of hydrogen-bond acceptors (Lipinski definition) is 4. The van der Waals surface area contributed by atoms with E-state index in [9.17, 15) is 4.79 Å². The molecule has 2 aromatic rings. The van der Waals surface area contributed by atoms with Gasteiger partial charge in [0.15, 0.2) is 5.69 Å². The molecule has 0 radical (unpaired) electrons. The first-order chi connectivity index (χ1) is 8.61. The number of anilines is 1. The van der Waals surface area contributed by atoms with Crippen LogP contribution in [0.25, 0.3) is 0 Å². The Balaban J connectivity index is 2.25. The van der Waals surface area contributed by atoms with Crippen LogP contribution in [-0.2, 0) is 11.3 Å². The summed E-state index contributed by atoms with van der Waals surface area (Å²) in [6.45, 7) is 0.496. The maximum absolute atomic E-state index is 11.4. The molecule has 0 saturated heterocycles. The first-order valence-corrected chi connectivity index (χ1v) is 5.63. The van der Waals surface area contributed by atoms with Gasteiger partial charge in [-0.2, -0.15) is 0 Å². The second-order valence-corrected chi connectivity index (χ2v) is 4.16. The average Bonchev–Trinajstić information content (AvgIpc) is 2.70. The number of carbonyl (C=O) groups is 1. The molecule has 0 atom stereocenters. The fourth-order valence-corrected chi connectivity index (χ4v) is 1.82. The summed E-state index contributed by atoms with van der Waals surface area (Å²) in [6, 6.07) is 7.40. The van der Waals surface area contributed by atoms with Gasteiger partial charge in [0.2, 0.25) is 0 Å². The van der Waals surface area contributed by atoms with Crippen molar-refractivity contribution < 1.29 is 9.53 Å². The van der Waals surface area contributed by atoms with E-state index in [0.29, 0.717) is 11.6 Å². The largest absolute Gasteiger partial charge is 0.464 e. The predicted octanol–water partition coefficient (Wildman–Crippen LogP) is 1.95. The fraction of sp³-hybridized carbons (Fsp3) is 0.167. The van der Waals surface area contributed by atoms with Crippen LogP contribution in [0, 0.1) is 0 Å². The van der Waals surface area contributed by atoms with Gasteiger partial charge in [-0.05, 0) is 17.7 Å². The van der Waals surface area contributed by atoms with Crippen molar-refractivity contribution >= 4 is 23.4 Å². The maximum Gasteiger partial charge on any atom is 0.360 e. The monoisotopic (exact) mass is 265 g/mol. The first kappa shape index (κ1) is 12.4. The number of nitrogens with two attached hydrogens (primary N) is 1. The molecule has 0 saturated carbocycles. The van der Waals surface area contributed by atoms with Gasteiger partial charge in [-0.15, -0.1) is 0 Å². The molecule has 0 fully saturated rings. The van der Waals surface area contributed by atoms with Crippen LogP contribution in [0.5, 0.6) is 0 Å². The Bertz CT molecular complexity index is 580. The molecule has 0 unspecified atom stereocenters. The summed E-state index contributed by atoms with van der Waals surface area (Å²) in [5.41, 5.74) is 6.93. The minimum atomic E-state index is -0.544. The molecular formula is C12H12ClN3O2. The Kier molecular flexibility index (Phi) is 3.53. The Hall–Kier alpha value is -2.01. The Labute approximate surface area is 109 Å². The molecule has 2 rings (SSSR count). The number of nitrogen functional groups attached to an aromatic ring is 1. The lowest BCUT2D eigenvalue weighted by Crippen LogP contribution is -2.08. The number of aromatic nitrogens is 2. The van der Waals surface area contributed by atoms with Gasteiger partial charge in [0.05, 0.1) is 20.0 Å². The summed E-state index contributed by atoms with van der Waals surface area (Å²) in [5, 5.41) is 0.652. The summed E-state index contributed by atoms with van der Waals surface area (Å²) >= 11 is 5.90. The Morgan fingerprint density at radius 3 is 3.00 bits per heavy atom. The first-order valence-electron chi connectivity index (χ1n) is 5.25. The van der Waals surface area contributed by atoms with Crippen molar-refractivity contribution in [3.8, 4) is 0 Å². The van der Waals surface area contributed by atoms with Gasteiger partial charge < -0.3 is 15.0 Å². The zero-order chi connectivity index (χ0) is 13.1. The molecule has 5 nitrogen and oxygen atoms in total. The van der Waals surface area contributed by atoms with Crippen LogP contribution in [0.3, 0.4) is 0 Å². The lowest BCUT2D eigenvalue weighted by atomic mass is 10.2. The number of imidazole rings is 1. The predicted molar refractivity (Wildman–Crippen MR) is 68.5 cm³/mol. The summed E-state index contributed by atoms with van der Waals surface area (Å²) in [4.78, 5) is 15.3. The standard InChI is InChI=1S/C12H12ClN3O2/c1-18-12(17)10-11(14)16(7-15-10)6-8-3-2-4-9(13)5-8/h2-5,7H,6,14H2,1H3. The van der Waals surface area contributed by atoms with Gasteiger partial charge in [0, 0.05) is 5.02 Å². The summed E-state index contributed by atoms with van der Waals surface area (Å²) in [6.07, 6.45) is 1.50. The van der Waals surface area contributed by atoms with E-state index < -0.39 is 5.97 Å². The Morgan fingerprint density at radius 1 is 1.56 bits per heavy atom. The molecular weight excluding hydrogens is 254 g/mol. The molecule has 2 N–H and O–H groups in total. The third-order valence-electron chi connectivity index (χ3n) is 2.50. The Morgan fingerprint density at radius 2 is 2.33 bits per heavy atom. The molecule has 0 aliphatic carbocycles. The quantitative estimate of drug-likeness (QED) is 0.861. The lowest BCUT2D eigenvalue weighted by Gasteiger charge is -2.06. The number of carbonyl (C=O) groups excluding carboxylic acids is 1. The highest BCUT2D eigenvalue weighted by atomic mass is 35.5. The number of hydrogen-bond donors (Lipinski definition) is 1. The van der Waals surface area contributed by atoms with Crippen molar-refractivity contribution in [2.75, 3.05) is 12.8 Å². The molecule has 0 spiro atoms. The van der Waals surface area contributed by atoms with Gasteiger partial charge in [0.25, 0.3) is 0 Å². The van der Waals surface area contributed by atoms with Gasteiger partial charge >= 0.3 is 5.97 Å². The summed E-state index contributed by atoms with van der Waals surface area (Å²) in [7, 11) is 1.29. The third-order valence-corrected chi connectivity index (χ3v) is 2.73. The number of methoxy groups -OCH3 is 1. The summed E-state index contributed by atoms with van der Waals surface area (Å²) < 4.78 is 6.25. The van der Waals surface area contributed by atoms with E-state index in [2.05, 4.69) is 9.72 Å². The molecule has 94 valence electrons. The minimum absolute atomic E-state index is 0.125. The van der Waals surface area contributed by atoms with E-state index >= 15 is 0 Å². The highest BCUT2D eigenvalue weighted by Gasteiger charge is 2.15. The average molecular weight is 266 g/mol. The number of halogens is 1.